The highest BCUT2D eigenvalue weighted by Gasteiger charge is 2.73. The number of hydrogen-bond acceptors (Lipinski definition) is 4. The molecule has 2 saturated carbocycles. The Hall–Kier alpha value is -2.30. The van der Waals surface area contributed by atoms with Gasteiger partial charge in [0.25, 0.3) is 0 Å². The van der Waals surface area contributed by atoms with Crippen molar-refractivity contribution in [3.05, 3.63) is 30.4 Å². The summed E-state index contributed by atoms with van der Waals surface area (Å²) < 4.78 is 10.6. The van der Waals surface area contributed by atoms with Crippen LogP contribution in [0.5, 0.6) is 11.5 Å². The molecule has 2 bridgehead atoms. The van der Waals surface area contributed by atoms with Gasteiger partial charge in [0, 0.05) is 6.07 Å². The molecule has 4 atom stereocenters. The molecule has 5 nitrogen and oxygen atoms in total. The molecule has 5 heteroatoms. The zero-order chi connectivity index (χ0) is 16.6. The summed E-state index contributed by atoms with van der Waals surface area (Å²) in [5.74, 6) is 1.05. The lowest BCUT2D eigenvalue weighted by Gasteiger charge is -2.23. The van der Waals surface area contributed by atoms with Gasteiger partial charge in [0.05, 0.1) is 31.7 Å². The van der Waals surface area contributed by atoms with Gasteiger partial charge in [-0.1, -0.05) is 12.2 Å². The van der Waals surface area contributed by atoms with Crippen molar-refractivity contribution in [3.63, 3.8) is 0 Å². The zero-order valence-corrected chi connectivity index (χ0v) is 13.7. The van der Waals surface area contributed by atoms with Gasteiger partial charge in [0.15, 0.2) is 0 Å². The molecule has 5 rings (SSSR count). The lowest BCUT2D eigenvalue weighted by molar-refractivity contribution is -0.123. The maximum absolute atomic E-state index is 13.1. The Labute approximate surface area is 140 Å². The second kappa shape index (κ2) is 4.41. The Morgan fingerprint density at radius 1 is 1.00 bits per heavy atom. The number of benzene rings is 1. The fourth-order valence-electron chi connectivity index (χ4n) is 5.29. The first kappa shape index (κ1) is 14.1. The quantitative estimate of drug-likeness (QED) is 0.632. The molecule has 1 aromatic carbocycles. The van der Waals surface area contributed by atoms with E-state index in [1.165, 1.54) is 12.0 Å². The molecule has 0 radical (unpaired) electrons. The number of ether oxygens (including phenoxy) is 2. The van der Waals surface area contributed by atoms with Crippen molar-refractivity contribution in [1.82, 2.24) is 0 Å². The third-order valence-corrected chi connectivity index (χ3v) is 6.48. The highest BCUT2D eigenvalue weighted by molar-refractivity contribution is 6.23. The van der Waals surface area contributed by atoms with Crippen LogP contribution < -0.4 is 14.4 Å². The summed E-state index contributed by atoms with van der Waals surface area (Å²) >= 11 is 0. The van der Waals surface area contributed by atoms with Crippen LogP contribution in [0.3, 0.4) is 0 Å². The maximum Gasteiger partial charge on any atom is 0.238 e. The van der Waals surface area contributed by atoms with E-state index < -0.39 is 0 Å². The van der Waals surface area contributed by atoms with Crippen molar-refractivity contribution in [2.24, 2.45) is 29.1 Å². The molecular weight excluding hydrogens is 306 g/mol. The van der Waals surface area contributed by atoms with Crippen LogP contribution in [0.25, 0.3) is 0 Å². The summed E-state index contributed by atoms with van der Waals surface area (Å²) in [5.41, 5.74) is 0.739. The molecule has 124 valence electrons. The van der Waals surface area contributed by atoms with E-state index in [9.17, 15) is 9.59 Å². The Morgan fingerprint density at radius 3 is 2.12 bits per heavy atom. The largest absolute Gasteiger partial charge is 0.497 e. The Kier molecular flexibility index (Phi) is 2.58. The number of anilines is 1. The number of methoxy groups -OCH3 is 2. The molecule has 1 aromatic rings. The van der Waals surface area contributed by atoms with E-state index in [-0.39, 0.29) is 40.9 Å². The summed E-state index contributed by atoms with van der Waals surface area (Å²) in [6.07, 6.45) is 6.65. The van der Waals surface area contributed by atoms with Gasteiger partial charge < -0.3 is 9.47 Å². The summed E-state index contributed by atoms with van der Waals surface area (Å²) in [6, 6.07) is 5.19. The van der Waals surface area contributed by atoms with Gasteiger partial charge in [0.1, 0.15) is 11.5 Å². The van der Waals surface area contributed by atoms with Gasteiger partial charge in [-0.3, -0.25) is 9.59 Å². The summed E-state index contributed by atoms with van der Waals surface area (Å²) in [7, 11) is 3.11. The Bertz CT molecular complexity index is 761. The average Bonchev–Trinajstić information content (AvgIpc) is 3.20. The predicted octanol–water partition coefficient (Wildman–Crippen LogP) is 2.41. The predicted molar refractivity (Wildman–Crippen MR) is 86.8 cm³/mol. The fraction of sp³-hybridized carbons (Fsp3) is 0.474. The monoisotopic (exact) mass is 325 g/mol. The van der Waals surface area contributed by atoms with E-state index in [1.807, 2.05) is 0 Å². The van der Waals surface area contributed by atoms with Crippen LogP contribution in [0.4, 0.5) is 5.69 Å². The molecule has 2 amide bonds. The van der Waals surface area contributed by atoms with Gasteiger partial charge in [0.2, 0.25) is 11.8 Å². The van der Waals surface area contributed by atoms with Crippen LogP contribution in [0.1, 0.15) is 12.8 Å². The molecule has 24 heavy (non-hydrogen) atoms. The number of nitrogens with zero attached hydrogens (tertiary/aromatic N) is 1. The third kappa shape index (κ3) is 1.46. The zero-order valence-electron chi connectivity index (χ0n) is 13.7. The van der Waals surface area contributed by atoms with Crippen LogP contribution in [0.2, 0.25) is 0 Å². The van der Waals surface area contributed by atoms with E-state index >= 15 is 0 Å². The van der Waals surface area contributed by atoms with Gasteiger partial charge >= 0.3 is 0 Å². The Balaban J connectivity index is 1.56. The first-order valence-corrected chi connectivity index (χ1v) is 8.40. The summed E-state index contributed by atoms with van der Waals surface area (Å²) in [4.78, 5) is 27.6. The van der Waals surface area contributed by atoms with Crippen LogP contribution >= 0.6 is 0 Å². The fourth-order valence-corrected chi connectivity index (χ4v) is 5.29. The third-order valence-electron chi connectivity index (χ3n) is 6.48. The number of allylic oxidation sites excluding steroid dienone is 2. The van der Waals surface area contributed by atoms with Crippen molar-refractivity contribution in [3.8, 4) is 11.5 Å². The summed E-state index contributed by atoms with van der Waals surface area (Å²) in [5, 5.41) is 0. The van der Waals surface area contributed by atoms with Crippen LogP contribution in [0, 0.1) is 29.1 Å². The first-order chi connectivity index (χ1) is 11.6. The molecule has 0 aromatic heterocycles. The number of fused-ring (bicyclic) bond motifs is 3. The van der Waals surface area contributed by atoms with E-state index in [0.29, 0.717) is 17.2 Å². The van der Waals surface area contributed by atoms with Crippen LogP contribution in [-0.4, -0.2) is 26.0 Å². The minimum atomic E-state index is -0.193. The van der Waals surface area contributed by atoms with E-state index in [0.717, 1.165) is 12.8 Å². The lowest BCUT2D eigenvalue weighted by atomic mass is 9.85. The maximum atomic E-state index is 13.1. The first-order valence-electron chi connectivity index (χ1n) is 8.40. The molecule has 1 spiro atoms. The normalized spacial score (nSPS) is 34.2. The molecule has 1 aliphatic heterocycles. The van der Waals surface area contributed by atoms with Crippen molar-refractivity contribution >= 4 is 17.5 Å². The van der Waals surface area contributed by atoms with Crippen LogP contribution in [0.15, 0.2) is 30.4 Å². The molecule has 1 saturated heterocycles. The number of imide groups is 1. The smallest absolute Gasteiger partial charge is 0.238 e. The molecule has 3 aliphatic carbocycles. The molecule has 1 heterocycles. The van der Waals surface area contributed by atoms with Crippen molar-refractivity contribution in [1.29, 1.82) is 0 Å². The second-order valence-electron chi connectivity index (χ2n) is 7.27. The summed E-state index contributed by atoms with van der Waals surface area (Å²) in [6.45, 7) is 0. The number of hydrogen-bond donors (Lipinski definition) is 0. The van der Waals surface area contributed by atoms with E-state index in [1.54, 1.807) is 25.3 Å². The minimum absolute atomic E-state index is 0.0726. The molecule has 4 aliphatic rings. The highest BCUT2D eigenvalue weighted by atomic mass is 16.5. The average molecular weight is 325 g/mol. The number of carbonyl (C=O) groups is 2. The van der Waals surface area contributed by atoms with E-state index in [4.69, 9.17) is 9.47 Å². The molecule has 3 fully saturated rings. The lowest BCUT2D eigenvalue weighted by Crippen LogP contribution is -2.35. The van der Waals surface area contributed by atoms with Crippen molar-refractivity contribution in [2.75, 3.05) is 19.1 Å². The minimum Gasteiger partial charge on any atom is -0.497 e. The number of carbonyl (C=O) groups excluding carboxylic acids is 2. The van der Waals surface area contributed by atoms with Crippen LogP contribution in [-0.2, 0) is 9.59 Å². The van der Waals surface area contributed by atoms with Gasteiger partial charge in [-0.2, -0.15) is 0 Å². The molecular formula is C19H19NO4. The SMILES string of the molecule is COc1ccc(N2C(=O)[C@@H]3[C@@H](C2=O)[C@@H]2C=C[C@@H]3C23CC3)c(OC)c1. The Morgan fingerprint density at radius 2 is 1.62 bits per heavy atom. The van der Waals surface area contributed by atoms with Gasteiger partial charge in [-0.05, 0) is 42.2 Å². The van der Waals surface area contributed by atoms with E-state index in [2.05, 4.69) is 12.2 Å². The molecule has 0 unspecified atom stereocenters. The van der Waals surface area contributed by atoms with Crippen molar-refractivity contribution < 1.29 is 19.1 Å². The van der Waals surface area contributed by atoms with Gasteiger partial charge in [-0.25, -0.2) is 4.90 Å². The highest BCUT2D eigenvalue weighted by Crippen LogP contribution is 2.73. The van der Waals surface area contributed by atoms with Crippen molar-refractivity contribution in [2.45, 2.75) is 12.8 Å². The van der Waals surface area contributed by atoms with Gasteiger partial charge in [-0.15, -0.1) is 0 Å². The second-order valence-corrected chi connectivity index (χ2v) is 7.27. The standard InChI is InChI=1S/C19H19NO4/c1-23-10-3-6-13(14(9-10)24-2)20-17(21)15-11-4-5-12(16(15)18(20)22)19(11)7-8-19/h3-6,9,11-12,15-16H,7-8H2,1-2H3/t11-,12-,15-,16-/m0/s1. The molecule has 0 N–H and O–H groups in total. The number of rotatable bonds is 3. The number of amides is 2. The topological polar surface area (TPSA) is 55.8 Å².